The number of rotatable bonds is 34. The van der Waals surface area contributed by atoms with Gasteiger partial charge in [-0.05, 0) is 63.2 Å². The lowest BCUT2D eigenvalue weighted by atomic mass is 9.86. The lowest BCUT2D eigenvalue weighted by Crippen LogP contribution is -2.21. The van der Waals surface area contributed by atoms with Crippen molar-refractivity contribution in [3.8, 4) is 0 Å². The summed E-state index contributed by atoms with van der Waals surface area (Å²) in [6.07, 6.45) is 30.9. The molecule has 0 aliphatic rings. The predicted molar refractivity (Wildman–Crippen MR) is 189 cm³/mol. The molecule has 0 aromatic carbocycles. The van der Waals surface area contributed by atoms with E-state index in [4.69, 9.17) is 19.3 Å². The standard InChI is InChI=1S/C39H70O8/c1-35(40)45-33-30-39(2,3)34-38(44)47-32-27-23-19-15-14-18-22-26-31-46-37(43)29-25-21-17-13-11-9-7-5-4-6-8-10-12-16-20-24-28-36(41)42/h4-5H,6-34H2,1-3H3,(H,41,42)/b5-4+. The van der Waals surface area contributed by atoms with E-state index < -0.39 is 5.97 Å². The first-order chi connectivity index (χ1) is 22.6. The second-order valence-corrected chi connectivity index (χ2v) is 13.9. The molecule has 0 aromatic rings. The Morgan fingerprint density at radius 3 is 1.38 bits per heavy atom. The summed E-state index contributed by atoms with van der Waals surface area (Å²) in [4.78, 5) is 45.4. The number of hydrogen-bond acceptors (Lipinski definition) is 7. The van der Waals surface area contributed by atoms with Gasteiger partial charge in [0.05, 0.1) is 26.2 Å². The van der Waals surface area contributed by atoms with Gasteiger partial charge in [-0.15, -0.1) is 0 Å². The van der Waals surface area contributed by atoms with E-state index in [0.717, 1.165) is 83.5 Å². The minimum atomic E-state index is -0.685. The van der Waals surface area contributed by atoms with Crippen molar-refractivity contribution in [3.63, 3.8) is 0 Å². The van der Waals surface area contributed by atoms with Crippen LogP contribution in [0.4, 0.5) is 0 Å². The summed E-state index contributed by atoms with van der Waals surface area (Å²) in [6, 6.07) is 0. The minimum absolute atomic E-state index is 0.0559. The first-order valence-corrected chi connectivity index (χ1v) is 18.9. The molecule has 274 valence electrons. The Kier molecular flexibility index (Phi) is 30.6. The average Bonchev–Trinajstić information content (AvgIpc) is 3.00. The van der Waals surface area contributed by atoms with Crippen LogP contribution in [0, 0.1) is 5.41 Å². The molecular formula is C39H70O8. The fraction of sp³-hybridized carbons (Fsp3) is 0.846. The number of allylic oxidation sites excluding steroid dienone is 2. The van der Waals surface area contributed by atoms with Crippen molar-refractivity contribution in [3.05, 3.63) is 12.2 Å². The molecule has 0 fully saturated rings. The molecule has 0 saturated carbocycles. The maximum Gasteiger partial charge on any atom is 0.306 e. The highest BCUT2D eigenvalue weighted by Gasteiger charge is 2.23. The van der Waals surface area contributed by atoms with Gasteiger partial charge in [0, 0.05) is 19.8 Å². The number of unbranched alkanes of at least 4 members (excludes halogenated alkanes) is 19. The smallest absolute Gasteiger partial charge is 0.306 e. The molecule has 0 aromatic heterocycles. The zero-order valence-electron chi connectivity index (χ0n) is 30.5. The molecule has 0 aliphatic heterocycles. The molecule has 1 N–H and O–H groups in total. The molecule has 0 heterocycles. The number of ether oxygens (including phenoxy) is 3. The Morgan fingerprint density at radius 2 is 0.915 bits per heavy atom. The predicted octanol–water partition coefficient (Wildman–Crippen LogP) is 10.4. The Labute approximate surface area is 287 Å². The molecule has 0 spiro atoms. The quantitative estimate of drug-likeness (QED) is 0.0312. The summed E-state index contributed by atoms with van der Waals surface area (Å²) in [7, 11) is 0. The van der Waals surface area contributed by atoms with Gasteiger partial charge in [0.1, 0.15) is 0 Å². The number of hydrogen-bond donors (Lipinski definition) is 1. The molecular weight excluding hydrogens is 596 g/mol. The number of carbonyl (C=O) groups is 4. The SMILES string of the molecule is CC(=O)OCCC(C)(C)CC(=O)OCCCCCCCCCCOC(=O)CCCCCCCC/C=C/CCCCCCCCC(=O)O. The zero-order valence-corrected chi connectivity index (χ0v) is 30.5. The Balaban J connectivity index is 3.37. The summed E-state index contributed by atoms with van der Waals surface area (Å²) in [5.41, 5.74) is -0.249. The topological polar surface area (TPSA) is 116 Å². The van der Waals surface area contributed by atoms with Crippen LogP contribution in [0.2, 0.25) is 0 Å². The number of aliphatic carboxylic acids is 1. The highest BCUT2D eigenvalue weighted by atomic mass is 16.5. The maximum atomic E-state index is 12.1. The van der Waals surface area contributed by atoms with Gasteiger partial charge in [0.2, 0.25) is 0 Å². The molecule has 0 unspecified atom stereocenters. The summed E-state index contributed by atoms with van der Waals surface area (Å²) in [5.74, 6) is -1.23. The van der Waals surface area contributed by atoms with E-state index in [9.17, 15) is 19.2 Å². The van der Waals surface area contributed by atoms with Gasteiger partial charge >= 0.3 is 23.9 Å². The lowest BCUT2D eigenvalue weighted by molar-refractivity contribution is -0.147. The average molecular weight is 667 g/mol. The number of carbonyl (C=O) groups excluding carboxylic acids is 3. The van der Waals surface area contributed by atoms with Crippen molar-refractivity contribution in [1.82, 2.24) is 0 Å². The van der Waals surface area contributed by atoms with Gasteiger partial charge in [-0.25, -0.2) is 0 Å². The van der Waals surface area contributed by atoms with Crippen LogP contribution in [-0.4, -0.2) is 48.8 Å². The fourth-order valence-corrected chi connectivity index (χ4v) is 5.43. The molecule has 0 rings (SSSR count). The lowest BCUT2D eigenvalue weighted by Gasteiger charge is -2.23. The second-order valence-electron chi connectivity index (χ2n) is 13.9. The fourth-order valence-electron chi connectivity index (χ4n) is 5.43. The van der Waals surface area contributed by atoms with Gasteiger partial charge < -0.3 is 19.3 Å². The number of carboxylic acid groups (broad SMARTS) is 1. The summed E-state index contributed by atoms with van der Waals surface area (Å²) < 4.78 is 15.8. The van der Waals surface area contributed by atoms with Crippen LogP contribution in [0.5, 0.6) is 0 Å². The van der Waals surface area contributed by atoms with Crippen LogP contribution in [0.1, 0.15) is 188 Å². The van der Waals surface area contributed by atoms with E-state index in [2.05, 4.69) is 12.2 Å². The van der Waals surface area contributed by atoms with E-state index in [0.29, 0.717) is 45.5 Å². The molecule has 0 saturated heterocycles. The molecule has 8 heteroatoms. The normalized spacial score (nSPS) is 11.6. The van der Waals surface area contributed by atoms with Crippen molar-refractivity contribution in [2.24, 2.45) is 5.41 Å². The van der Waals surface area contributed by atoms with Crippen molar-refractivity contribution < 1.29 is 38.5 Å². The first kappa shape index (κ1) is 44.6. The third kappa shape index (κ3) is 36.3. The van der Waals surface area contributed by atoms with Crippen LogP contribution in [0.25, 0.3) is 0 Å². The second kappa shape index (κ2) is 32.2. The van der Waals surface area contributed by atoms with E-state index in [1.54, 1.807) is 0 Å². The van der Waals surface area contributed by atoms with Crippen molar-refractivity contribution in [2.75, 3.05) is 19.8 Å². The van der Waals surface area contributed by atoms with Gasteiger partial charge in [0.25, 0.3) is 0 Å². The van der Waals surface area contributed by atoms with Crippen molar-refractivity contribution in [2.45, 2.75) is 188 Å². The third-order valence-corrected chi connectivity index (χ3v) is 8.45. The van der Waals surface area contributed by atoms with Crippen LogP contribution in [-0.2, 0) is 33.4 Å². The molecule has 0 bridgehead atoms. The number of carboxylic acids is 1. The number of esters is 3. The van der Waals surface area contributed by atoms with Crippen molar-refractivity contribution >= 4 is 23.9 Å². The van der Waals surface area contributed by atoms with E-state index in [1.165, 1.54) is 64.7 Å². The third-order valence-electron chi connectivity index (χ3n) is 8.45. The van der Waals surface area contributed by atoms with E-state index >= 15 is 0 Å². The minimum Gasteiger partial charge on any atom is -0.481 e. The Hall–Kier alpha value is -2.38. The highest BCUT2D eigenvalue weighted by molar-refractivity contribution is 5.70. The zero-order chi connectivity index (χ0) is 34.9. The van der Waals surface area contributed by atoms with Gasteiger partial charge in [-0.3, -0.25) is 19.2 Å². The molecule has 47 heavy (non-hydrogen) atoms. The monoisotopic (exact) mass is 667 g/mol. The molecule has 0 radical (unpaired) electrons. The van der Waals surface area contributed by atoms with Crippen LogP contribution >= 0.6 is 0 Å². The van der Waals surface area contributed by atoms with Gasteiger partial charge in [-0.2, -0.15) is 0 Å². The van der Waals surface area contributed by atoms with E-state index in [-0.39, 0.29) is 23.3 Å². The van der Waals surface area contributed by atoms with Crippen molar-refractivity contribution in [1.29, 1.82) is 0 Å². The van der Waals surface area contributed by atoms with Crippen LogP contribution < -0.4 is 0 Å². The maximum absolute atomic E-state index is 12.1. The molecule has 8 nitrogen and oxygen atoms in total. The Bertz CT molecular complexity index is 820. The van der Waals surface area contributed by atoms with Gasteiger partial charge in [0.15, 0.2) is 0 Å². The first-order valence-electron chi connectivity index (χ1n) is 18.9. The van der Waals surface area contributed by atoms with Crippen LogP contribution in [0.3, 0.4) is 0 Å². The van der Waals surface area contributed by atoms with Gasteiger partial charge in [-0.1, -0.05) is 116 Å². The highest BCUT2D eigenvalue weighted by Crippen LogP contribution is 2.25. The van der Waals surface area contributed by atoms with Crippen LogP contribution in [0.15, 0.2) is 12.2 Å². The summed E-state index contributed by atoms with van der Waals surface area (Å²) in [6.45, 7) is 6.68. The molecule has 0 aliphatic carbocycles. The molecule has 0 atom stereocenters. The van der Waals surface area contributed by atoms with E-state index in [1.807, 2.05) is 13.8 Å². The summed E-state index contributed by atoms with van der Waals surface area (Å²) >= 11 is 0. The Morgan fingerprint density at radius 1 is 0.511 bits per heavy atom. The largest absolute Gasteiger partial charge is 0.481 e. The summed E-state index contributed by atoms with van der Waals surface area (Å²) in [5, 5.41) is 8.63. The molecule has 0 amide bonds.